The third-order valence-corrected chi connectivity index (χ3v) is 5.30. The highest BCUT2D eigenvalue weighted by molar-refractivity contribution is 5.95. The summed E-state index contributed by atoms with van der Waals surface area (Å²) < 4.78 is 6.81. The Kier molecular flexibility index (Phi) is 5.93. The molecule has 32 heavy (non-hydrogen) atoms. The normalized spacial score (nSPS) is 11.8. The Morgan fingerprint density at radius 1 is 1.06 bits per heavy atom. The first kappa shape index (κ1) is 21.2. The molecule has 0 bridgehead atoms. The lowest BCUT2D eigenvalue weighted by Crippen LogP contribution is -2.32. The standard InChI is InChI=1S/C24H23N5O3/c1-4-19(23(31)26-21-15(2)6-5-7-16(21)3)29-14-18(8-9-20(29)30)24-27-22(28-32-24)17-10-12-25-13-11-17/h5-14,19H,4H2,1-3H3,(H,26,31). The van der Waals surface area contributed by atoms with E-state index >= 15 is 0 Å². The summed E-state index contributed by atoms with van der Waals surface area (Å²) >= 11 is 0. The topological polar surface area (TPSA) is 103 Å². The third-order valence-electron chi connectivity index (χ3n) is 5.30. The Morgan fingerprint density at radius 3 is 2.47 bits per heavy atom. The molecule has 3 heterocycles. The van der Waals surface area contributed by atoms with Crippen LogP contribution in [0, 0.1) is 13.8 Å². The monoisotopic (exact) mass is 429 g/mol. The number of rotatable bonds is 6. The van der Waals surface area contributed by atoms with Crippen LogP contribution in [-0.4, -0.2) is 25.6 Å². The Hall–Kier alpha value is -4.07. The zero-order valence-corrected chi connectivity index (χ0v) is 18.1. The van der Waals surface area contributed by atoms with Crippen LogP contribution in [0.15, 0.2) is 70.4 Å². The van der Waals surface area contributed by atoms with Gasteiger partial charge >= 0.3 is 0 Å². The van der Waals surface area contributed by atoms with Gasteiger partial charge in [0.2, 0.25) is 11.7 Å². The van der Waals surface area contributed by atoms with Crippen molar-refractivity contribution >= 4 is 11.6 Å². The molecule has 1 aromatic carbocycles. The number of carbonyl (C=O) groups is 1. The average Bonchev–Trinajstić information content (AvgIpc) is 3.29. The van der Waals surface area contributed by atoms with E-state index in [1.807, 2.05) is 39.0 Å². The minimum Gasteiger partial charge on any atom is -0.334 e. The Morgan fingerprint density at radius 2 is 1.78 bits per heavy atom. The van der Waals surface area contributed by atoms with E-state index in [1.165, 1.54) is 10.6 Å². The molecule has 8 heteroatoms. The number of nitrogens with one attached hydrogen (secondary N) is 1. The largest absolute Gasteiger partial charge is 0.334 e. The van der Waals surface area contributed by atoms with Gasteiger partial charge < -0.3 is 14.4 Å². The molecule has 1 unspecified atom stereocenters. The maximum absolute atomic E-state index is 13.1. The molecule has 1 atom stereocenters. The van der Waals surface area contributed by atoms with E-state index in [4.69, 9.17) is 4.52 Å². The lowest BCUT2D eigenvalue weighted by atomic mass is 10.1. The number of anilines is 1. The second-order valence-electron chi connectivity index (χ2n) is 7.50. The molecule has 0 aliphatic heterocycles. The number of carbonyl (C=O) groups excluding carboxylic acids is 1. The van der Waals surface area contributed by atoms with Gasteiger partial charge in [-0.15, -0.1) is 0 Å². The third kappa shape index (κ3) is 4.20. The van der Waals surface area contributed by atoms with E-state index in [0.29, 0.717) is 17.8 Å². The number of amides is 1. The quantitative estimate of drug-likeness (QED) is 0.493. The minimum atomic E-state index is -0.691. The number of pyridine rings is 2. The van der Waals surface area contributed by atoms with Crippen LogP contribution >= 0.6 is 0 Å². The molecule has 0 aliphatic carbocycles. The first-order chi connectivity index (χ1) is 15.5. The summed E-state index contributed by atoms with van der Waals surface area (Å²) in [4.78, 5) is 34.1. The fourth-order valence-electron chi connectivity index (χ4n) is 3.56. The van der Waals surface area contributed by atoms with Gasteiger partial charge in [-0.1, -0.05) is 30.3 Å². The van der Waals surface area contributed by atoms with Crippen molar-refractivity contribution in [3.63, 3.8) is 0 Å². The van der Waals surface area contributed by atoms with Crippen molar-refractivity contribution in [3.05, 3.63) is 82.5 Å². The highest BCUT2D eigenvalue weighted by Crippen LogP contribution is 2.24. The highest BCUT2D eigenvalue weighted by Gasteiger charge is 2.22. The van der Waals surface area contributed by atoms with Crippen LogP contribution in [0.2, 0.25) is 0 Å². The maximum atomic E-state index is 13.1. The number of para-hydroxylation sites is 1. The summed E-state index contributed by atoms with van der Waals surface area (Å²) in [7, 11) is 0. The second kappa shape index (κ2) is 8.97. The summed E-state index contributed by atoms with van der Waals surface area (Å²) in [6.45, 7) is 5.74. The molecule has 3 aromatic heterocycles. The predicted octanol–water partition coefficient (Wildman–Crippen LogP) is 4.17. The summed E-state index contributed by atoms with van der Waals surface area (Å²) in [5.41, 5.74) is 3.72. The van der Waals surface area contributed by atoms with Gasteiger partial charge in [-0.05, 0) is 49.6 Å². The Labute approximate surface area is 184 Å². The zero-order chi connectivity index (χ0) is 22.7. The van der Waals surface area contributed by atoms with Gasteiger partial charge in [0.25, 0.3) is 11.4 Å². The van der Waals surface area contributed by atoms with Gasteiger partial charge in [-0.3, -0.25) is 14.6 Å². The van der Waals surface area contributed by atoms with Crippen molar-refractivity contribution in [3.8, 4) is 22.8 Å². The lowest BCUT2D eigenvalue weighted by molar-refractivity contribution is -0.119. The number of benzene rings is 1. The van der Waals surface area contributed by atoms with E-state index < -0.39 is 6.04 Å². The van der Waals surface area contributed by atoms with E-state index in [-0.39, 0.29) is 17.4 Å². The van der Waals surface area contributed by atoms with E-state index in [2.05, 4.69) is 20.4 Å². The number of aryl methyl sites for hydroxylation is 2. The predicted molar refractivity (Wildman–Crippen MR) is 121 cm³/mol. The molecular formula is C24H23N5O3. The van der Waals surface area contributed by atoms with Crippen LogP contribution in [0.1, 0.15) is 30.5 Å². The van der Waals surface area contributed by atoms with Crippen molar-refractivity contribution in [2.75, 3.05) is 5.32 Å². The molecule has 4 aromatic rings. The van der Waals surface area contributed by atoms with Gasteiger partial charge in [0.1, 0.15) is 6.04 Å². The summed E-state index contributed by atoms with van der Waals surface area (Å²) in [6.07, 6.45) is 5.31. The molecule has 0 saturated heterocycles. The number of nitrogens with zero attached hydrogens (tertiary/aromatic N) is 4. The van der Waals surface area contributed by atoms with Crippen LogP contribution in [0.3, 0.4) is 0 Å². The van der Waals surface area contributed by atoms with E-state index in [0.717, 1.165) is 22.4 Å². The van der Waals surface area contributed by atoms with Gasteiger partial charge in [0, 0.05) is 35.9 Å². The Balaban J connectivity index is 1.65. The van der Waals surface area contributed by atoms with Crippen molar-refractivity contribution < 1.29 is 9.32 Å². The molecule has 1 amide bonds. The molecular weight excluding hydrogens is 406 g/mol. The Bertz CT molecular complexity index is 1290. The summed E-state index contributed by atoms with van der Waals surface area (Å²) in [5, 5.41) is 6.99. The van der Waals surface area contributed by atoms with Gasteiger partial charge in [-0.25, -0.2) is 0 Å². The van der Waals surface area contributed by atoms with Crippen LogP contribution in [-0.2, 0) is 4.79 Å². The first-order valence-electron chi connectivity index (χ1n) is 10.3. The van der Waals surface area contributed by atoms with Gasteiger partial charge in [-0.2, -0.15) is 4.98 Å². The molecule has 0 aliphatic rings. The fourth-order valence-corrected chi connectivity index (χ4v) is 3.56. The van der Waals surface area contributed by atoms with Crippen LogP contribution in [0.5, 0.6) is 0 Å². The fraction of sp³-hybridized carbons (Fsp3) is 0.208. The first-order valence-corrected chi connectivity index (χ1v) is 10.3. The van der Waals surface area contributed by atoms with Crippen molar-refractivity contribution in [1.82, 2.24) is 19.7 Å². The molecule has 0 fully saturated rings. The van der Waals surface area contributed by atoms with Gasteiger partial charge in [0.05, 0.1) is 5.56 Å². The number of hydrogen-bond donors (Lipinski definition) is 1. The van der Waals surface area contributed by atoms with Crippen LogP contribution in [0.25, 0.3) is 22.8 Å². The highest BCUT2D eigenvalue weighted by atomic mass is 16.5. The molecule has 0 spiro atoms. The lowest BCUT2D eigenvalue weighted by Gasteiger charge is -2.20. The average molecular weight is 429 g/mol. The maximum Gasteiger partial charge on any atom is 0.259 e. The van der Waals surface area contributed by atoms with Gasteiger partial charge in [0.15, 0.2) is 0 Å². The van der Waals surface area contributed by atoms with Crippen molar-refractivity contribution in [2.45, 2.75) is 33.2 Å². The second-order valence-corrected chi connectivity index (χ2v) is 7.50. The summed E-state index contributed by atoms with van der Waals surface area (Å²) in [6, 6.07) is 11.7. The van der Waals surface area contributed by atoms with E-state index in [9.17, 15) is 9.59 Å². The molecule has 8 nitrogen and oxygen atoms in total. The molecule has 4 rings (SSSR count). The van der Waals surface area contributed by atoms with Crippen molar-refractivity contribution in [2.24, 2.45) is 0 Å². The molecule has 0 radical (unpaired) electrons. The number of hydrogen-bond acceptors (Lipinski definition) is 6. The SMILES string of the molecule is CCC(C(=O)Nc1c(C)cccc1C)n1cc(-c2nc(-c3ccncc3)no2)ccc1=O. The molecule has 0 saturated carbocycles. The van der Waals surface area contributed by atoms with Crippen LogP contribution in [0.4, 0.5) is 5.69 Å². The smallest absolute Gasteiger partial charge is 0.259 e. The summed E-state index contributed by atoms with van der Waals surface area (Å²) in [5.74, 6) is 0.419. The molecule has 162 valence electrons. The zero-order valence-electron chi connectivity index (χ0n) is 18.1. The minimum absolute atomic E-state index is 0.257. The van der Waals surface area contributed by atoms with Crippen molar-refractivity contribution in [1.29, 1.82) is 0 Å². The van der Waals surface area contributed by atoms with E-state index in [1.54, 1.807) is 36.8 Å². The number of aromatic nitrogens is 4. The molecule has 1 N–H and O–H groups in total. The van der Waals surface area contributed by atoms with Crippen LogP contribution < -0.4 is 10.9 Å².